The predicted octanol–water partition coefficient (Wildman–Crippen LogP) is 1.24. The van der Waals surface area contributed by atoms with E-state index >= 15 is 0 Å². The van der Waals surface area contributed by atoms with Crippen molar-refractivity contribution in [3.05, 3.63) is 0 Å². The molecule has 1 spiro atoms. The fourth-order valence-electron chi connectivity index (χ4n) is 5.56. The standard InChI is InChI=1S/C14H24N2O/c1-10-6-16(7-11(2)17-10)14-9-15-8-13(14)5-3-4-12(13)14/h10-12,15H,3-9H2,1-2H3/t10-,11+,12-,13-,14-/m0/s1. The molecule has 4 aliphatic rings. The molecule has 2 aliphatic carbocycles. The lowest BCUT2D eigenvalue weighted by molar-refractivity contribution is -0.0895. The molecule has 2 aliphatic heterocycles. The molecule has 1 N–H and O–H groups in total. The lowest BCUT2D eigenvalue weighted by atomic mass is 9.95. The SMILES string of the molecule is C[C@@H]1CN([C@]23CNC[C@]24CCC[C@@H]43)C[C@H](C)O1. The summed E-state index contributed by atoms with van der Waals surface area (Å²) in [5.74, 6) is 0.994. The first kappa shape index (κ1) is 10.8. The number of nitrogens with one attached hydrogen (secondary N) is 1. The van der Waals surface area contributed by atoms with Gasteiger partial charge in [0.2, 0.25) is 0 Å². The van der Waals surface area contributed by atoms with Crippen LogP contribution in [0.4, 0.5) is 0 Å². The van der Waals surface area contributed by atoms with Crippen LogP contribution in [0.1, 0.15) is 33.1 Å². The van der Waals surface area contributed by atoms with Gasteiger partial charge in [-0.15, -0.1) is 0 Å². The Morgan fingerprint density at radius 3 is 2.65 bits per heavy atom. The van der Waals surface area contributed by atoms with Crippen LogP contribution in [0.25, 0.3) is 0 Å². The summed E-state index contributed by atoms with van der Waals surface area (Å²) in [4.78, 5) is 2.79. The second kappa shape index (κ2) is 3.25. The normalized spacial score (nSPS) is 57.9. The molecule has 2 saturated carbocycles. The largest absolute Gasteiger partial charge is 0.373 e. The number of nitrogens with zero attached hydrogens (tertiary/aromatic N) is 1. The smallest absolute Gasteiger partial charge is 0.0678 e. The zero-order valence-electron chi connectivity index (χ0n) is 11.0. The lowest BCUT2D eigenvalue weighted by Gasteiger charge is -2.42. The van der Waals surface area contributed by atoms with E-state index in [2.05, 4.69) is 24.1 Å². The first-order valence-corrected chi connectivity index (χ1v) is 7.30. The maximum Gasteiger partial charge on any atom is 0.0678 e. The van der Waals surface area contributed by atoms with Gasteiger partial charge in [0.25, 0.3) is 0 Å². The Bertz CT molecular complexity index is 333. The highest BCUT2D eigenvalue weighted by Crippen LogP contribution is 2.75. The van der Waals surface area contributed by atoms with E-state index in [9.17, 15) is 0 Å². The van der Waals surface area contributed by atoms with Crippen LogP contribution < -0.4 is 5.32 Å². The first-order chi connectivity index (χ1) is 8.19. The molecule has 0 unspecified atom stereocenters. The predicted molar refractivity (Wildman–Crippen MR) is 67.0 cm³/mol. The lowest BCUT2D eigenvalue weighted by Crippen LogP contribution is -2.55. The van der Waals surface area contributed by atoms with Crippen molar-refractivity contribution >= 4 is 0 Å². The van der Waals surface area contributed by atoms with Crippen molar-refractivity contribution in [1.29, 1.82) is 0 Å². The molecule has 3 heteroatoms. The Balaban J connectivity index is 1.62. The molecule has 3 nitrogen and oxygen atoms in total. The number of morpholine rings is 1. The number of rotatable bonds is 1. The fraction of sp³-hybridized carbons (Fsp3) is 1.00. The zero-order valence-corrected chi connectivity index (χ0v) is 11.0. The van der Waals surface area contributed by atoms with Crippen LogP contribution in [-0.2, 0) is 4.74 Å². The van der Waals surface area contributed by atoms with Crippen LogP contribution in [0.5, 0.6) is 0 Å². The van der Waals surface area contributed by atoms with Crippen LogP contribution in [0.3, 0.4) is 0 Å². The molecule has 0 radical (unpaired) electrons. The summed E-state index contributed by atoms with van der Waals surface area (Å²) in [6.45, 7) is 9.25. The number of hydrogen-bond donors (Lipinski definition) is 1. The molecule has 0 aromatic carbocycles. The molecule has 5 atom stereocenters. The van der Waals surface area contributed by atoms with Gasteiger partial charge >= 0.3 is 0 Å². The van der Waals surface area contributed by atoms with Crippen LogP contribution in [0, 0.1) is 11.3 Å². The molecule has 2 heterocycles. The van der Waals surface area contributed by atoms with Gasteiger partial charge in [0.15, 0.2) is 0 Å². The van der Waals surface area contributed by atoms with Crippen LogP contribution >= 0.6 is 0 Å². The van der Waals surface area contributed by atoms with E-state index < -0.39 is 0 Å². The molecule has 4 fully saturated rings. The van der Waals surface area contributed by atoms with Gasteiger partial charge in [-0.1, -0.05) is 6.42 Å². The van der Waals surface area contributed by atoms with Gasteiger partial charge in [0, 0.05) is 37.1 Å². The Kier molecular flexibility index (Phi) is 2.06. The third-order valence-electron chi connectivity index (χ3n) is 5.96. The second-order valence-electron chi connectivity index (χ2n) is 6.79. The van der Waals surface area contributed by atoms with Crippen molar-refractivity contribution in [2.75, 3.05) is 26.2 Å². The first-order valence-electron chi connectivity index (χ1n) is 7.30. The summed E-state index contributed by atoms with van der Waals surface area (Å²) in [5, 5.41) is 3.67. The summed E-state index contributed by atoms with van der Waals surface area (Å²) in [6, 6.07) is 0. The molecule has 2 saturated heterocycles. The van der Waals surface area contributed by atoms with Crippen LogP contribution in [0.2, 0.25) is 0 Å². The average Bonchev–Trinajstić information content (AvgIpc) is 2.70. The minimum absolute atomic E-state index is 0.409. The van der Waals surface area contributed by atoms with Crippen molar-refractivity contribution in [3.8, 4) is 0 Å². The van der Waals surface area contributed by atoms with Gasteiger partial charge in [-0.3, -0.25) is 4.90 Å². The van der Waals surface area contributed by atoms with Crippen molar-refractivity contribution in [2.24, 2.45) is 11.3 Å². The summed E-state index contributed by atoms with van der Waals surface area (Å²) in [7, 11) is 0. The minimum atomic E-state index is 0.409. The van der Waals surface area contributed by atoms with Crippen molar-refractivity contribution < 1.29 is 4.74 Å². The third-order valence-corrected chi connectivity index (χ3v) is 5.96. The summed E-state index contributed by atoms with van der Waals surface area (Å²) in [6.07, 6.45) is 5.22. The highest BCUT2D eigenvalue weighted by atomic mass is 16.5. The quantitative estimate of drug-likeness (QED) is 0.741. The number of fused-ring (bicyclic) bond motifs is 1. The van der Waals surface area contributed by atoms with E-state index in [1.54, 1.807) is 0 Å². The van der Waals surface area contributed by atoms with E-state index in [1.807, 2.05) is 0 Å². The molecular weight excluding hydrogens is 212 g/mol. The topological polar surface area (TPSA) is 24.5 Å². The van der Waals surface area contributed by atoms with E-state index in [0.717, 1.165) is 19.0 Å². The van der Waals surface area contributed by atoms with E-state index in [0.29, 0.717) is 23.2 Å². The average molecular weight is 236 g/mol. The maximum atomic E-state index is 5.90. The number of ether oxygens (including phenoxy) is 1. The molecule has 0 aromatic heterocycles. The Labute approximate surface area is 104 Å². The summed E-state index contributed by atoms with van der Waals surface area (Å²) < 4.78 is 5.90. The Hall–Kier alpha value is -0.120. The Morgan fingerprint density at radius 1 is 1.18 bits per heavy atom. The highest BCUT2D eigenvalue weighted by molar-refractivity contribution is 5.35. The van der Waals surface area contributed by atoms with Gasteiger partial charge in [0.05, 0.1) is 12.2 Å². The van der Waals surface area contributed by atoms with Crippen molar-refractivity contribution in [3.63, 3.8) is 0 Å². The second-order valence-corrected chi connectivity index (χ2v) is 6.79. The van der Waals surface area contributed by atoms with Gasteiger partial charge < -0.3 is 10.1 Å². The van der Waals surface area contributed by atoms with E-state index in [1.165, 1.54) is 32.4 Å². The van der Waals surface area contributed by atoms with Crippen molar-refractivity contribution in [1.82, 2.24) is 10.2 Å². The molecule has 96 valence electrons. The molecule has 0 aromatic rings. The van der Waals surface area contributed by atoms with Crippen molar-refractivity contribution in [2.45, 2.75) is 50.9 Å². The molecule has 0 bridgehead atoms. The molecular formula is C14H24N2O. The van der Waals surface area contributed by atoms with Crippen LogP contribution in [-0.4, -0.2) is 48.8 Å². The molecule has 17 heavy (non-hydrogen) atoms. The molecule has 4 rings (SSSR count). The zero-order chi connectivity index (χ0) is 11.7. The van der Waals surface area contributed by atoms with E-state index in [4.69, 9.17) is 4.74 Å². The Morgan fingerprint density at radius 2 is 1.94 bits per heavy atom. The minimum Gasteiger partial charge on any atom is -0.373 e. The van der Waals surface area contributed by atoms with Gasteiger partial charge in [-0.2, -0.15) is 0 Å². The van der Waals surface area contributed by atoms with Crippen LogP contribution in [0.15, 0.2) is 0 Å². The third kappa shape index (κ3) is 1.14. The maximum absolute atomic E-state index is 5.90. The number of hydrogen-bond acceptors (Lipinski definition) is 3. The molecule has 0 amide bonds. The summed E-state index contributed by atoms with van der Waals surface area (Å²) in [5.41, 5.74) is 1.18. The number of piperidine rings is 1. The van der Waals surface area contributed by atoms with Gasteiger partial charge in [0.1, 0.15) is 0 Å². The monoisotopic (exact) mass is 236 g/mol. The fourth-order valence-corrected chi connectivity index (χ4v) is 5.56. The highest BCUT2D eigenvalue weighted by Gasteiger charge is 2.81. The van der Waals surface area contributed by atoms with Gasteiger partial charge in [-0.25, -0.2) is 0 Å². The summed E-state index contributed by atoms with van der Waals surface area (Å²) >= 11 is 0. The van der Waals surface area contributed by atoms with Gasteiger partial charge in [-0.05, 0) is 32.6 Å². The van der Waals surface area contributed by atoms with E-state index in [-0.39, 0.29) is 0 Å².